The second-order valence-corrected chi connectivity index (χ2v) is 5.41. The first-order chi connectivity index (χ1) is 8.50. The highest BCUT2D eigenvalue weighted by atomic mass is 19.3. The third kappa shape index (κ3) is 2.88. The lowest BCUT2D eigenvalue weighted by Crippen LogP contribution is -2.23. The monoisotopic (exact) mass is 257 g/mol. The van der Waals surface area contributed by atoms with Crippen molar-refractivity contribution in [3.05, 3.63) is 17.5 Å². The van der Waals surface area contributed by atoms with E-state index in [2.05, 4.69) is 10.4 Å². The predicted octanol–water partition coefficient (Wildman–Crippen LogP) is 3.29. The largest absolute Gasteiger partial charge is 0.310 e. The molecule has 0 aromatic carbocycles. The first kappa shape index (κ1) is 13.5. The molecule has 18 heavy (non-hydrogen) atoms. The first-order valence-corrected chi connectivity index (χ1v) is 6.58. The summed E-state index contributed by atoms with van der Waals surface area (Å²) in [7, 11) is 0. The number of halogens is 2. The van der Waals surface area contributed by atoms with Crippen LogP contribution in [0.2, 0.25) is 0 Å². The highest BCUT2D eigenvalue weighted by molar-refractivity contribution is 5.20. The molecule has 0 amide bonds. The van der Waals surface area contributed by atoms with E-state index in [1.165, 1.54) is 4.68 Å². The van der Waals surface area contributed by atoms with Gasteiger partial charge in [0.25, 0.3) is 6.43 Å². The van der Waals surface area contributed by atoms with Crippen LogP contribution in [0.15, 0.2) is 6.20 Å². The lowest BCUT2D eigenvalue weighted by molar-refractivity contribution is 0.134. The van der Waals surface area contributed by atoms with E-state index in [-0.39, 0.29) is 17.8 Å². The lowest BCUT2D eigenvalue weighted by Gasteiger charge is -2.16. The Bertz CT molecular complexity index is 397. The van der Waals surface area contributed by atoms with Crippen molar-refractivity contribution in [1.82, 2.24) is 15.1 Å². The molecule has 1 saturated carbocycles. The van der Waals surface area contributed by atoms with Crippen LogP contribution in [0, 0.1) is 5.92 Å². The standard InChI is InChI=1S/C13H21F2N3/c1-8(2)16-6-11-7-17-18(12(11)13(14)15)9(3)10-4-5-10/h7-10,13,16H,4-6H2,1-3H3. The van der Waals surface area contributed by atoms with Crippen LogP contribution in [-0.4, -0.2) is 15.8 Å². The van der Waals surface area contributed by atoms with Gasteiger partial charge in [0.05, 0.1) is 12.2 Å². The molecule has 0 aliphatic heterocycles. The van der Waals surface area contributed by atoms with E-state index in [0.29, 0.717) is 18.0 Å². The average Bonchev–Trinajstić information content (AvgIpc) is 3.04. The molecule has 1 aromatic heterocycles. The molecule has 1 unspecified atom stereocenters. The maximum Gasteiger partial charge on any atom is 0.280 e. The van der Waals surface area contributed by atoms with Crippen molar-refractivity contribution >= 4 is 0 Å². The molecule has 0 saturated heterocycles. The molecular weight excluding hydrogens is 236 g/mol. The minimum atomic E-state index is -2.46. The van der Waals surface area contributed by atoms with Crippen molar-refractivity contribution in [2.45, 2.75) is 58.7 Å². The molecule has 1 aromatic rings. The summed E-state index contributed by atoms with van der Waals surface area (Å²) >= 11 is 0. The van der Waals surface area contributed by atoms with Crippen molar-refractivity contribution < 1.29 is 8.78 Å². The molecule has 1 aliphatic rings. The fourth-order valence-corrected chi connectivity index (χ4v) is 2.20. The van der Waals surface area contributed by atoms with Crippen molar-refractivity contribution in [3.8, 4) is 0 Å². The van der Waals surface area contributed by atoms with E-state index in [1.807, 2.05) is 20.8 Å². The van der Waals surface area contributed by atoms with Crippen LogP contribution in [0.25, 0.3) is 0 Å². The molecule has 1 N–H and O–H groups in total. The van der Waals surface area contributed by atoms with Crippen molar-refractivity contribution in [2.75, 3.05) is 0 Å². The van der Waals surface area contributed by atoms with Gasteiger partial charge in [-0.1, -0.05) is 13.8 Å². The number of rotatable bonds is 6. The number of aromatic nitrogens is 2. The topological polar surface area (TPSA) is 29.9 Å². The highest BCUT2D eigenvalue weighted by Crippen LogP contribution is 2.41. The summed E-state index contributed by atoms with van der Waals surface area (Å²) in [4.78, 5) is 0. The molecule has 0 bridgehead atoms. The smallest absolute Gasteiger partial charge is 0.280 e. The average molecular weight is 257 g/mol. The second kappa shape index (κ2) is 5.34. The molecule has 1 fully saturated rings. The van der Waals surface area contributed by atoms with Gasteiger partial charge >= 0.3 is 0 Å². The fourth-order valence-electron chi connectivity index (χ4n) is 2.20. The van der Waals surface area contributed by atoms with E-state index < -0.39 is 6.43 Å². The minimum absolute atomic E-state index is 0.0850. The minimum Gasteiger partial charge on any atom is -0.310 e. The fraction of sp³-hybridized carbons (Fsp3) is 0.769. The molecule has 0 radical (unpaired) electrons. The number of hydrogen-bond donors (Lipinski definition) is 1. The first-order valence-electron chi connectivity index (χ1n) is 6.58. The Morgan fingerprint density at radius 1 is 1.39 bits per heavy atom. The van der Waals surface area contributed by atoms with Crippen LogP contribution >= 0.6 is 0 Å². The van der Waals surface area contributed by atoms with Crippen molar-refractivity contribution in [2.24, 2.45) is 5.92 Å². The zero-order valence-electron chi connectivity index (χ0n) is 11.2. The predicted molar refractivity (Wildman–Crippen MR) is 66.6 cm³/mol. The van der Waals surface area contributed by atoms with Crippen LogP contribution in [0.4, 0.5) is 8.78 Å². The van der Waals surface area contributed by atoms with Gasteiger partial charge in [-0.15, -0.1) is 0 Å². The normalized spacial score (nSPS) is 17.7. The summed E-state index contributed by atoms with van der Waals surface area (Å²) in [5, 5.41) is 7.34. The molecule has 0 spiro atoms. The maximum absolute atomic E-state index is 13.2. The van der Waals surface area contributed by atoms with Crippen LogP contribution < -0.4 is 5.32 Å². The van der Waals surface area contributed by atoms with Gasteiger partial charge in [-0.3, -0.25) is 4.68 Å². The molecule has 1 aliphatic carbocycles. The van der Waals surface area contributed by atoms with Gasteiger partial charge in [0.1, 0.15) is 5.69 Å². The molecule has 102 valence electrons. The summed E-state index contributed by atoms with van der Waals surface area (Å²) in [5.74, 6) is 0.522. The Labute approximate surface area is 107 Å². The molecular formula is C13H21F2N3. The van der Waals surface area contributed by atoms with Crippen LogP contribution in [-0.2, 0) is 6.54 Å². The van der Waals surface area contributed by atoms with Gasteiger partial charge in [0.2, 0.25) is 0 Å². The van der Waals surface area contributed by atoms with Crippen LogP contribution in [0.5, 0.6) is 0 Å². The number of alkyl halides is 2. The van der Waals surface area contributed by atoms with E-state index in [1.54, 1.807) is 6.20 Å². The third-order valence-electron chi connectivity index (χ3n) is 3.51. The zero-order chi connectivity index (χ0) is 13.3. The molecule has 1 atom stereocenters. The highest BCUT2D eigenvalue weighted by Gasteiger charge is 2.33. The number of nitrogens with one attached hydrogen (secondary N) is 1. The summed E-state index contributed by atoms with van der Waals surface area (Å²) in [6, 6.07) is 0.363. The Hall–Kier alpha value is -0.970. The summed E-state index contributed by atoms with van der Waals surface area (Å²) in [6.45, 7) is 6.43. The van der Waals surface area contributed by atoms with Crippen LogP contribution in [0.3, 0.4) is 0 Å². The van der Waals surface area contributed by atoms with Crippen molar-refractivity contribution in [1.29, 1.82) is 0 Å². The lowest BCUT2D eigenvalue weighted by atomic mass is 10.2. The Balaban J connectivity index is 2.19. The molecule has 5 heteroatoms. The Morgan fingerprint density at radius 3 is 2.56 bits per heavy atom. The van der Waals surface area contributed by atoms with E-state index in [4.69, 9.17) is 0 Å². The molecule has 3 nitrogen and oxygen atoms in total. The second-order valence-electron chi connectivity index (χ2n) is 5.41. The van der Waals surface area contributed by atoms with E-state index in [9.17, 15) is 8.78 Å². The number of nitrogens with zero attached hydrogens (tertiary/aromatic N) is 2. The van der Waals surface area contributed by atoms with E-state index >= 15 is 0 Å². The number of hydrogen-bond acceptors (Lipinski definition) is 2. The Kier molecular flexibility index (Phi) is 4.00. The summed E-state index contributed by atoms with van der Waals surface area (Å²) in [5.41, 5.74) is 0.703. The van der Waals surface area contributed by atoms with Gasteiger partial charge in [-0.25, -0.2) is 8.78 Å². The van der Waals surface area contributed by atoms with Gasteiger partial charge in [-0.05, 0) is 25.7 Å². The van der Waals surface area contributed by atoms with Gasteiger partial charge in [-0.2, -0.15) is 5.10 Å². The van der Waals surface area contributed by atoms with Gasteiger partial charge in [0.15, 0.2) is 0 Å². The SMILES string of the molecule is CC(C)NCc1cnn(C(C)C2CC2)c1C(F)F. The Morgan fingerprint density at radius 2 is 2.06 bits per heavy atom. The van der Waals surface area contributed by atoms with Gasteiger partial charge < -0.3 is 5.32 Å². The van der Waals surface area contributed by atoms with E-state index in [0.717, 1.165) is 12.8 Å². The molecule has 2 rings (SSSR count). The molecule has 1 heterocycles. The van der Waals surface area contributed by atoms with Gasteiger partial charge in [0, 0.05) is 18.2 Å². The van der Waals surface area contributed by atoms with Crippen molar-refractivity contribution in [3.63, 3.8) is 0 Å². The summed E-state index contributed by atoms with van der Waals surface area (Å²) in [6.07, 6.45) is 1.38. The zero-order valence-corrected chi connectivity index (χ0v) is 11.2. The third-order valence-corrected chi connectivity index (χ3v) is 3.51. The van der Waals surface area contributed by atoms with Crippen LogP contribution in [0.1, 0.15) is 57.3 Å². The maximum atomic E-state index is 13.2. The summed E-state index contributed by atoms with van der Waals surface area (Å²) < 4.78 is 27.9. The quantitative estimate of drug-likeness (QED) is 0.847.